The summed E-state index contributed by atoms with van der Waals surface area (Å²) in [6, 6.07) is 0. The summed E-state index contributed by atoms with van der Waals surface area (Å²) in [6.45, 7) is 3.24. The predicted octanol–water partition coefficient (Wildman–Crippen LogP) is 1.61. The lowest BCUT2D eigenvalue weighted by atomic mass is 10.1. The smallest absolute Gasteiger partial charge is 0.226 e. The Morgan fingerprint density at radius 2 is 2.24 bits per heavy atom. The van der Waals surface area contributed by atoms with Crippen LogP contribution in [0.4, 0.5) is 11.8 Å². The zero-order valence-corrected chi connectivity index (χ0v) is 10.0. The van der Waals surface area contributed by atoms with Crippen molar-refractivity contribution in [3.63, 3.8) is 0 Å². The number of hydrogen-bond acceptors (Lipinski definition) is 5. The minimum atomic E-state index is 0.445. The fourth-order valence-electron chi connectivity index (χ4n) is 1.77. The summed E-state index contributed by atoms with van der Waals surface area (Å²) in [5.41, 5.74) is 1.20. The van der Waals surface area contributed by atoms with Gasteiger partial charge in [0.2, 0.25) is 5.95 Å². The highest BCUT2D eigenvalue weighted by Crippen LogP contribution is 2.44. The Hall–Kier alpha value is -1.85. The molecule has 0 unspecified atom stereocenters. The second kappa shape index (κ2) is 3.58. The summed E-state index contributed by atoms with van der Waals surface area (Å²) in [4.78, 5) is 8.72. The third-order valence-corrected chi connectivity index (χ3v) is 3.32. The first-order valence-corrected chi connectivity index (χ1v) is 5.83. The molecule has 2 aromatic rings. The quantitative estimate of drug-likeness (QED) is 0.746. The number of fused-ring (bicyclic) bond motifs is 1. The molecule has 90 valence electrons. The number of hydrogen-bond donors (Lipinski definition) is 3. The molecule has 1 aliphatic rings. The molecule has 2 aromatic heterocycles. The summed E-state index contributed by atoms with van der Waals surface area (Å²) in [6.07, 6.45) is 4.34. The zero-order valence-electron chi connectivity index (χ0n) is 10.0. The van der Waals surface area contributed by atoms with Gasteiger partial charge >= 0.3 is 0 Å². The van der Waals surface area contributed by atoms with E-state index in [-0.39, 0.29) is 0 Å². The first kappa shape index (κ1) is 10.3. The maximum atomic E-state index is 4.43. The van der Waals surface area contributed by atoms with E-state index in [1.807, 2.05) is 7.05 Å². The van der Waals surface area contributed by atoms with Crippen LogP contribution in [0.5, 0.6) is 0 Å². The summed E-state index contributed by atoms with van der Waals surface area (Å²) in [5, 5.41) is 14.2. The van der Waals surface area contributed by atoms with Crippen LogP contribution in [-0.4, -0.2) is 33.8 Å². The first-order chi connectivity index (χ1) is 8.20. The van der Waals surface area contributed by atoms with E-state index in [1.54, 1.807) is 6.20 Å². The van der Waals surface area contributed by atoms with E-state index in [0.717, 1.165) is 23.4 Å². The van der Waals surface area contributed by atoms with Crippen LogP contribution in [0.3, 0.4) is 0 Å². The Morgan fingerprint density at radius 3 is 2.94 bits per heavy atom. The molecule has 6 nitrogen and oxygen atoms in total. The van der Waals surface area contributed by atoms with Gasteiger partial charge in [-0.15, -0.1) is 0 Å². The highest BCUT2D eigenvalue weighted by atomic mass is 15.2. The summed E-state index contributed by atoms with van der Waals surface area (Å²) < 4.78 is 0. The first-order valence-electron chi connectivity index (χ1n) is 5.83. The molecule has 0 atom stereocenters. The average Bonchev–Trinajstić information content (AvgIpc) is 2.90. The molecule has 0 aliphatic heterocycles. The van der Waals surface area contributed by atoms with Crippen molar-refractivity contribution in [2.45, 2.75) is 19.8 Å². The molecule has 3 rings (SSSR count). The lowest BCUT2D eigenvalue weighted by Gasteiger charge is -2.11. The largest absolute Gasteiger partial charge is 0.369 e. The van der Waals surface area contributed by atoms with Gasteiger partial charge in [-0.3, -0.25) is 5.10 Å². The maximum Gasteiger partial charge on any atom is 0.226 e. The van der Waals surface area contributed by atoms with Crippen molar-refractivity contribution in [2.75, 3.05) is 24.2 Å². The van der Waals surface area contributed by atoms with Crippen molar-refractivity contribution >= 4 is 22.8 Å². The van der Waals surface area contributed by atoms with Gasteiger partial charge in [0, 0.05) is 13.6 Å². The van der Waals surface area contributed by atoms with Gasteiger partial charge in [-0.2, -0.15) is 15.1 Å². The molecule has 17 heavy (non-hydrogen) atoms. The molecule has 1 fully saturated rings. The standard InChI is InChI=1S/C11H16N6/c1-11(3-4-11)6-13-8-7-5-14-17-9(7)16-10(12-2)15-8/h5H,3-4,6H2,1-2H3,(H3,12,13,14,15,16,17). The van der Waals surface area contributed by atoms with Crippen LogP contribution in [0, 0.1) is 5.41 Å². The third kappa shape index (κ3) is 1.90. The lowest BCUT2D eigenvalue weighted by molar-refractivity contribution is 0.610. The highest BCUT2D eigenvalue weighted by Gasteiger charge is 2.37. The highest BCUT2D eigenvalue weighted by molar-refractivity contribution is 5.86. The second-order valence-corrected chi connectivity index (χ2v) is 4.94. The molecule has 6 heteroatoms. The van der Waals surface area contributed by atoms with Gasteiger partial charge in [0.15, 0.2) is 5.65 Å². The van der Waals surface area contributed by atoms with E-state index in [2.05, 4.69) is 37.7 Å². The van der Waals surface area contributed by atoms with Crippen LogP contribution in [0.1, 0.15) is 19.8 Å². The monoisotopic (exact) mass is 232 g/mol. The Morgan fingerprint density at radius 1 is 1.41 bits per heavy atom. The van der Waals surface area contributed by atoms with Crippen molar-refractivity contribution < 1.29 is 0 Å². The van der Waals surface area contributed by atoms with Crippen LogP contribution < -0.4 is 10.6 Å². The van der Waals surface area contributed by atoms with Gasteiger partial charge in [-0.05, 0) is 18.3 Å². The molecule has 0 aromatic carbocycles. The van der Waals surface area contributed by atoms with Crippen LogP contribution >= 0.6 is 0 Å². The van der Waals surface area contributed by atoms with E-state index >= 15 is 0 Å². The van der Waals surface area contributed by atoms with Gasteiger partial charge in [0.25, 0.3) is 0 Å². The number of nitrogens with one attached hydrogen (secondary N) is 3. The Bertz CT molecular complexity index is 542. The Labute approximate surface area is 99.2 Å². The van der Waals surface area contributed by atoms with Gasteiger partial charge in [0.1, 0.15) is 5.82 Å². The molecule has 1 saturated carbocycles. The zero-order chi connectivity index (χ0) is 11.9. The molecule has 1 aliphatic carbocycles. The molecule has 0 saturated heterocycles. The van der Waals surface area contributed by atoms with Gasteiger partial charge < -0.3 is 10.6 Å². The fraction of sp³-hybridized carbons (Fsp3) is 0.545. The number of nitrogens with zero attached hydrogens (tertiary/aromatic N) is 3. The fourth-order valence-corrected chi connectivity index (χ4v) is 1.77. The molecule has 0 spiro atoms. The van der Waals surface area contributed by atoms with E-state index < -0.39 is 0 Å². The number of rotatable bonds is 4. The molecule has 2 heterocycles. The SMILES string of the molecule is CNc1nc(NCC2(C)CC2)c2cn[nH]c2n1. The van der Waals surface area contributed by atoms with Crippen LogP contribution in [0.15, 0.2) is 6.20 Å². The number of H-pyrrole nitrogens is 1. The van der Waals surface area contributed by atoms with Crippen molar-refractivity contribution in [3.05, 3.63) is 6.20 Å². The van der Waals surface area contributed by atoms with E-state index in [9.17, 15) is 0 Å². The molecular weight excluding hydrogens is 216 g/mol. The van der Waals surface area contributed by atoms with Gasteiger partial charge in [-0.1, -0.05) is 6.92 Å². The minimum Gasteiger partial charge on any atom is -0.369 e. The molecule has 3 N–H and O–H groups in total. The maximum absolute atomic E-state index is 4.43. The van der Waals surface area contributed by atoms with Crippen molar-refractivity contribution in [3.8, 4) is 0 Å². The summed E-state index contributed by atoms with van der Waals surface area (Å²) >= 11 is 0. The van der Waals surface area contributed by atoms with Crippen LogP contribution in [0.25, 0.3) is 11.0 Å². The number of anilines is 2. The Balaban J connectivity index is 1.92. The lowest BCUT2D eigenvalue weighted by Crippen LogP contribution is -2.13. The van der Waals surface area contributed by atoms with Crippen molar-refractivity contribution in [1.29, 1.82) is 0 Å². The topological polar surface area (TPSA) is 78.5 Å². The van der Waals surface area contributed by atoms with Crippen molar-refractivity contribution in [2.24, 2.45) is 5.41 Å². The van der Waals surface area contributed by atoms with Crippen molar-refractivity contribution in [1.82, 2.24) is 20.2 Å². The predicted molar refractivity (Wildman–Crippen MR) is 67.1 cm³/mol. The van der Waals surface area contributed by atoms with Gasteiger partial charge in [0.05, 0.1) is 11.6 Å². The molecular formula is C11H16N6. The average molecular weight is 232 g/mol. The third-order valence-electron chi connectivity index (χ3n) is 3.32. The number of aromatic nitrogens is 4. The normalized spacial score (nSPS) is 17.1. The van der Waals surface area contributed by atoms with Gasteiger partial charge in [-0.25, -0.2) is 0 Å². The van der Waals surface area contributed by atoms with Crippen LogP contribution in [-0.2, 0) is 0 Å². The van der Waals surface area contributed by atoms with Crippen LogP contribution in [0.2, 0.25) is 0 Å². The molecule has 0 bridgehead atoms. The molecule has 0 amide bonds. The second-order valence-electron chi connectivity index (χ2n) is 4.94. The van der Waals surface area contributed by atoms with E-state index in [1.165, 1.54) is 12.8 Å². The summed E-state index contributed by atoms with van der Waals surface area (Å²) in [5.74, 6) is 1.45. The Kier molecular flexibility index (Phi) is 2.17. The molecule has 0 radical (unpaired) electrons. The van der Waals surface area contributed by atoms with E-state index in [4.69, 9.17) is 0 Å². The minimum absolute atomic E-state index is 0.445. The number of aromatic amines is 1. The van der Waals surface area contributed by atoms with E-state index in [0.29, 0.717) is 11.4 Å². The summed E-state index contributed by atoms with van der Waals surface area (Å²) in [7, 11) is 1.81.